The molecule has 4 amide bonds. The number of carbonyl (C=O) groups excluding carboxylic acids is 4. The van der Waals surface area contributed by atoms with Crippen molar-refractivity contribution in [3.05, 3.63) is 120 Å². The van der Waals surface area contributed by atoms with Crippen molar-refractivity contribution in [3.8, 4) is 11.5 Å². The molecule has 242 valence electrons. The number of methoxy groups -OCH3 is 2. The largest absolute Gasteiger partial charge is 0.497 e. The van der Waals surface area contributed by atoms with E-state index in [9.17, 15) is 28.0 Å². The van der Waals surface area contributed by atoms with Gasteiger partial charge in [-0.3, -0.25) is 19.2 Å². The van der Waals surface area contributed by atoms with E-state index in [0.717, 1.165) is 21.9 Å². The van der Waals surface area contributed by atoms with Crippen LogP contribution >= 0.6 is 0 Å². The predicted molar refractivity (Wildman–Crippen MR) is 167 cm³/mol. The van der Waals surface area contributed by atoms with Crippen LogP contribution in [0.2, 0.25) is 0 Å². The molecule has 4 aliphatic heterocycles. The van der Waals surface area contributed by atoms with Crippen molar-refractivity contribution in [3.63, 3.8) is 0 Å². The summed E-state index contributed by atoms with van der Waals surface area (Å²) in [7, 11) is 3.04. The van der Waals surface area contributed by atoms with E-state index in [-0.39, 0.29) is 11.4 Å². The van der Waals surface area contributed by atoms with Gasteiger partial charge in [0, 0.05) is 0 Å². The van der Waals surface area contributed by atoms with E-state index in [0.29, 0.717) is 22.6 Å². The molecule has 4 heterocycles. The lowest BCUT2D eigenvalue weighted by atomic mass is 9.84. The van der Waals surface area contributed by atoms with Crippen molar-refractivity contribution in [2.75, 3.05) is 24.0 Å². The minimum atomic E-state index is -1.13. The van der Waals surface area contributed by atoms with E-state index < -0.39 is 71.3 Å². The van der Waals surface area contributed by atoms with Gasteiger partial charge >= 0.3 is 0 Å². The topological polar surface area (TPSA) is 99.7 Å². The molecule has 0 N–H and O–H groups in total. The van der Waals surface area contributed by atoms with E-state index in [1.807, 2.05) is 0 Å². The van der Waals surface area contributed by atoms with Crippen molar-refractivity contribution in [1.82, 2.24) is 10.0 Å². The Morgan fingerprint density at radius 2 is 0.875 bits per heavy atom. The number of nitrogens with zero attached hydrogens (tertiary/aromatic N) is 4. The van der Waals surface area contributed by atoms with E-state index in [1.54, 1.807) is 58.5 Å². The van der Waals surface area contributed by atoms with E-state index in [1.165, 1.54) is 50.6 Å². The second-order valence-corrected chi connectivity index (χ2v) is 12.1. The molecule has 0 aromatic heterocycles. The first kappa shape index (κ1) is 29.9. The third kappa shape index (κ3) is 4.22. The van der Waals surface area contributed by atoms with Gasteiger partial charge in [-0.05, 0) is 71.8 Å². The lowest BCUT2D eigenvalue weighted by Crippen LogP contribution is -2.50. The molecule has 4 fully saturated rings. The summed E-state index contributed by atoms with van der Waals surface area (Å²) in [5, 5.41) is 3.41. The average molecular weight is 651 g/mol. The van der Waals surface area contributed by atoms with Crippen LogP contribution in [-0.4, -0.2) is 59.9 Å². The highest BCUT2D eigenvalue weighted by atomic mass is 19.1. The van der Waals surface area contributed by atoms with Gasteiger partial charge in [-0.1, -0.05) is 36.4 Å². The van der Waals surface area contributed by atoms with Crippen LogP contribution in [0.5, 0.6) is 11.5 Å². The highest BCUT2D eigenvalue weighted by Crippen LogP contribution is 2.60. The fourth-order valence-electron chi connectivity index (χ4n) is 7.84. The summed E-state index contributed by atoms with van der Waals surface area (Å²) in [4.78, 5) is 59.8. The first-order valence-corrected chi connectivity index (χ1v) is 15.3. The SMILES string of the molecule is COc1ccc([C@@H]2[C@@H]3C(=O)N(c4cccc(F)c4)C(=O)[C@@H]3N3[C@H](c4ccc(OC)cc4)[C@H]4C(=O)N(c5cccc(F)c5)C(=O)[C@@H]4N23)cc1. The normalized spacial score (nSPS) is 26.7. The summed E-state index contributed by atoms with van der Waals surface area (Å²) in [5.74, 6) is -4.49. The smallest absolute Gasteiger partial charge is 0.253 e. The first-order valence-electron chi connectivity index (χ1n) is 15.3. The van der Waals surface area contributed by atoms with Crippen LogP contribution in [0, 0.1) is 23.5 Å². The molecule has 4 aromatic carbocycles. The zero-order valence-electron chi connectivity index (χ0n) is 25.7. The van der Waals surface area contributed by atoms with Crippen LogP contribution in [0.1, 0.15) is 23.2 Å². The summed E-state index contributed by atoms with van der Waals surface area (Å²) in [6.07, 6.45) is 0. The average Bonchev–Trinajstić information content (AvgIpc) is 3.76. The Kier molecular flexibility index (Phi) is 6.90. The van der Waals surface area contributed by atoms with Crippen LogP contribution < -0.4 is 19.3 Å². The molecule has 48 heavy (non-hydrogen) atoms. The standard InChI is InChI=1S/C36H28F2N4O6/c1-47-25-13-9-19(10-14-25)29-27-31(35(45)39(33(27)43)23-7-3-5-21(37)17-23)42-30(20-11-15-26(48-2)16-12-20)28-32(41(29)42)36(46)40(34(28)44)24-8-4-6-22(38)18-24/h3-18,27-32H,1-2H3/t27-,28+,29-,30-,31-,32-/m1/s1. The minimum Gasteiger partial charge on any atom is -0.497 e. The molecular weight excluding hydrogens is 622 g/mol. The van der Waals surface area contributed by atoms with Gasteiger partial charge in [-0.2, -0.15) is 0 Å². The number of hydrazine groups is 1. The van der Waals surface area contributed by atoms with Crippen molar-refractivity contribution >= 4 is 35.0 Å². The Morgan fingerprint density at radius 3 is 1.21 bits per heavy atom. The molecule has 0 aliphatic carbocycles. The van der Waals surface area contributed by atoms with Gasteiger partial charge < -0.3 is 9.47 Å². The Bertz CT molecular complexity index is 1850. The third-order valence-corrected chi connectivity index (χ3v) is 9.77. The summed E-state index contributed by atoms with van der Waals surface area (Å²) < 4.78 is 39.5. The van der Waals surface area contributed by atoms with Crippen LogP contribution in [0.4, 0.5) is 20.2 Å². The molecule has 6 atom stereocenters. The van der Waals surface area contributed by atoms with Gasteiger partial charge in [-0.25, -0.2) is 28.6 Å². The Labute approximate surface area is 273 Å². The van der Waals surface area contributed by atoms with Crippen LogP contribution in [0.15, 0.2) is 97.1 Å². The Morgan fingerprint density at radius 1 is 0.500 bits per heavy atom. The minimum absolute atomic E-state index is 0.0873. The second-order valence-electron chi connectivity index (χ2n) is 12.1. The number of rotatable bonds is 6. The molecule has 0 spiro atoms. The van der Waals surface area contributed by atoms with Gasteiger partial charge in [0.15, 0.2) is 0 Å². The fraction of sp³-hybridized carbons (Fsp3) is 0.222. The van der Waals surface area contributed by atoms with Crippen molar-refractivity contribution in [1.29, 1.82) is 0 Å². The number of imide groups is 2. The zero-order valence-corrected chi connectivity index (χ0v) is 25.7. The molecule has 4 saturated heterocycles. The molecule has 0 unspecified atom stereocenters. The number of anilines is 2. The van der Waals surface area contributed by atoms with E-state index in [2.05, 4.69) is 0 Å². The van der Waals surface area contributed by atoms with E-state index in [4.69, 9.17) is 9.47 Å². The number of fused-ring (bicyclic) bond motifs is 5. The van der Waals surface area contributed by atoms with Crippen molar-refractivity contribution in [2.24, 2.45) is 11.8 Å². The number of halogens is 2. The molecule has 8 rings (SSSR count). The Hall–Kier alpha value is -5.46. The second kappa shape index (κ2) is 11.1. The predicted octanol–water partition coefficient (Wildman–Crippen LogP) is 4.43. The molecule has 10 nitrogen and oxygen atoms in total. The van der Waals surface area contributed by atoms with Gasteiger partial charge in [0.2, 0.25) is 11.8 Å². The van der Waals surface area contributed by atoms with Crippen LogP contribution in [0.3, 0.4) is 0 Å². The third-order valence-electron chi connectivity index (χ3n) is 9.77. The first-order chi connectivity index (χ1) is 23.2. The van der Waals surface area contributed by atoms with Gasteiger partial charge in [-0.15, -0.1) is 0 Å². The molecule has 0 saturated carbocycles. The lowest BCUT2D eigenvalue weighted by molar-refractivity contribution is -0.136. The van der Waals surface area contributed by atoms with Crippen molar-refractivity contribution in [2.45, 2.75) is 24.2 Å². The molecule has 0 bridgehead atoms. The maximum absolute atomic E-state index is 14.5. The summed E-state index contributed by atoms with van der Waals surface area (Å²) >= 11 is 0. The highest BCUT2D eigenvalue weighted by Gasteiger charge is 2.73. The zero-order chi connectivity index (χ0) is 33.4. The maximum Gasteiger partial charge on any atom is 0.253 e. The Balaban J connectivity index is 1.33. The summed E-state index contributed by atoms with van der Waals surface area (Å²) in [6.45, 7) is 0. The van der Waals surface area contributed by atoms with E-state index >= 15 is 0 Å². The molecule has 4 aromatic rings. The fourth-order valence-corrected chi connectivity index (χ4v) is 7.84. The highest BCUT2D eigenvalue weighted by molar-refractivity contribution is 6.26. The quantitative estimate of drug-likeness (QED) is 0.283. The number of benzene rings is 4. The summed E-state index contributed by atoms with van der Waals surface area (Å²) in [5.41, 5.74) is 1.39. The number of hydrogen-bond donors (Lipinski definition) is 0. The number of amides is 4. The maximum atomic E-state index is 14.5. The van der Waals surface area contributed by atoms with Crippen LogP contribution in [0.25, 0.3) is 0 Å². The monoisotopic (exact) mass is 650 g/mol. The lowest BCUT2D eigenvalue weighted by Gasteiger charge is -2.35. The van der Waals surface area contributed by atoms with Crippen molar-refractivity contribution < 1.29 is 37.4 Å². The molecule has 0 radical (unpaired) electrons. The van der Waals surface area contributed by atoms with Gasteiger partial charge in [0.1, 0.15) is 35.2 Å². The molecule has 4 aliphatic rings. The van der Waals surface area contributed by atoms with Gasteiger partial charge in [0.25, 0.3) is 11.8 Å². The molecular formula is C36H28F2N4O6. The summed E-state index contributed by atoms with van der Waals surface area (Å²) in [6, 6.07) is 20.4. The number of ether oxygens (including phenoxy) is 2. The number of hydrogen-bond acceptors (Lipinski definition) is 8. The molecule has 12 heteroatoms. The number of carbonyl (C=O) groups is 4. The van der Waals surface area contributed by atoms with Gasteiger partial charge in [0.05, 0.1) is 49.5 Å². The van der Waals surface area contributed by atoms with Crippen LogP contribution in [-0.2, 0) is 19.2 Å².